The molecule has 0 heterocycles. The Kier molecular flexibility index (Phi) is 4.82. The highest BCUT2D eigenvalue weighted by molar-refractivity contribution is 9.10. The van der Waals surface area contributed by atoms with Crippen LogP contribution in [0.25, 0.3) is 0 Å². The molecule has 4 nitrogen and oxygen atoms in total. The van der Waals surface area contributed by atoms with Crippen molar-refractivity contribution >= 4 is 21.8 Å². The number of methoxy groups -OCH3 is 1. The monoisotopic (exact) mass is 327 g/mol. The second-order valence-corrected chi connectivity index (χ2v) is 5.69. The summed E-state index contributed by atoms with van der Waals surface area (Å²) in [6.45, 7) is 0. The summed E-state index contributed by atoms with van der Waals surface area (Å²) in [6.07, 6.45) is 3.20. The lowest BCUT2D eigenvalue weighted by molar-refractivity contribution is 0.0715. The second-order valence-electron chi connectivity index (χ2n) is 4.78. The van der Waals surface area contributed by atoms with Gasteiger partial charge in [0.15, 0.2) is 0 Å². The van der Waals surface area contributed by atoms with Gasteiger partial charge in [0.1, 0.15) is 5.75 Å². The van der Waals surface area contributed by atoms with Gasteiger partial charge in [-0.1, -0.05) is 28.8 Å². The SMILES string of the molecule is COc1cc(Br)ccc1C(=O)N[C@@H]1CCCC[C@H]1O. The van der Waals surface area contributed by atoms with Gasteiger partial charge in [0.05, 0.1) is 24.8 Å². The highest BCUT2D eigenvalue weighted by Crippen LogP contribution is 2.24. The first kappa shape index (κ1) is 14.3. The minimum absolute atomic E-state index is 0.158. The van der Waals surface area contributed by atoms with Crippen molar-refractivity contribution in [3.63, 3.8) is 0 Å². The minimum atomic E-state index is -0.445. The molecule has 0 spiro atoms. The number of halogens is 1. The number of carbonyl (C=O) groups is 1. The number of ether oxygens (including phenoxy) is 1. The first-order valence-corrected chi connectivity index (χ1v) is 7.23. The van der Waals surface area contributed by atoms with Crippen molar-refractivity contribution in [2.45, 2.75) is 37.8 Å². The van der Waals surface area contributed by atoms with Crippen LogP contribution in [0.5, 0.6) is 5.75 Å². The largest absolute Gasteiger partial charge is 0.496 e. The standard InChI is InChI=1S/C14H18BrNO3/c1-19-13-8-9(15)6-7-10(13)14(18)16-11-4-2-3-5-12(11)17/h6-8,11-12,17H,2-5H2,1H3,(H,16,18)/t11-,12-/m1/s1. The molecular formula is C14H18BrNO3. The molecule has 0 aromatic heterocycles. The smallest absolute Gasteiger partial charge is 0.255 e. The third-order valence-electron chi connectivity index (χ3n) is 3.45. The van der Waals surface area contributed by atoms with Gasteiger partial charge in [-0.3, -0.25) is 4.79 Å². The number of benzene rings is 1. The Bertz CT molecular complexity index is 464. The summed E-state index contributed by atoms with van der Waals surface area (Å²) in [5.74, 6) is 0.326. The lowest BCUT2D eigenvalue weighted by atomic mass is 9.92. The van der Waals surface area contributed by atoms with Crippen LogP contribution in [-0.2, 0) is 0 Å². The maximum atomic E-state index is 12.2. The van der Waals surface area contributed by atoms with Crippen LogP contribution < -0.4 is 10.1 Å². The molecule has 5 heteroatoms. The van der Waals surface area contributed by atoms with Gasteiger partial charge in [0, 0.05) is 4.47 Å². The Morgan fingerprint density at radius 2 is 2.16 bits per heavy atom. The average Bonchev–Trinajstić information content (AvgIpc) is 2.41. The fraction of sp³-hybridized carbons (Fsp3) is 0.500. The van der Waals surface area contributed by atoms with Crippen LogP contribution in [0.15, 0.2) is 22.7 Å². The molecular weight excluding hydrogens is 310 g/mol. The zero-order valence-electron chi connectivity index (χ0n) is 10.9. The number of nitrogens with one attached hydrogen (secondary N) is 1. The first-order chi connectivity index (χ1) is 9.11. The van der Waals surface area contributed by atoms with Crippen molar-refractivity contribution < 1.29 is 14.6 Å². The van der Waals surface area contributed by atoms with Gasteiger partial charge in [0.2, 0.25) is 0 Å². The molecule has 0 radical (unpaired) electrons. The Morgan fingerprint density at radius 1 is 1.42 bits per heavy atom. The molecule has 1 fully saturated rings. The Morgan fingerprint density at radius 3 is 2.84 bits per heavy atom. The van der Waals surface area contributed by atoms with Gasteiger partial charge in [-0.05, 0) is 31.0 Å². The number of hydrogen-bond acceptors (Lipinski definition) is 3. The summed E-state index contributed by atoms with van der Waals surface area (Å²) in [5.41, 5.74) is 0.489. The predicted octanol–water partition coefficient (Wildman–Crippen LogP) is 2.49. The summed E-state index contributed by atoms with van der Waals surface area (Å²) >= 11 is 3.34. The van der Waals surface area contributed by atoms with E-state index < -0.39 is 6.10 Å². The van der Waals surface area contributed by atoms with Gasteiger partial charge in [0.25, 0.3) is 5.91 Å². The van der Waals surface area contributed by atoms with Crippen LogP contribution in [0, 0.1) is 0 Å². The molecule has 0 unspecified atom stereocenters. The van der Waals surface area contributed by atoms with E-state index in [4.69, 9.17) is 4.74 Å². The molecule has 1 saturated carbocycles. The summed E-state index contributed by atoms with van der Waals surface area (Å²) < 4.78 is 6.07. The summed E-state index contributed by atoms with van der Waals surface area (Å²) in [7, 11) is 1.54. The van der Waals surface area contributed by atoms with Crippen molar-refractivity contribution in [3.8, 4) is 5.75 Å². The van der Waals surface area contributed by atoms with Gasteiger partial charge < -0.3 is 15.2 Å². The predicted molar refractivity (Wildman–Crippen MR) is 76.4 cm³/mol. The van der Waals surface area contributed by atoms with Crippen LogP contribution in [0.2, 0.25) is 0 Å². The van der Waals surface area contributed by atoms with Crippen LogP contribution in [0.3, 0.4) is 0 Å². The number of rotatable bonds is 3. The lowest BCUT2D eigenvalue weighted by Crippen LogP contribution is -2.45. The van der Waals surface area contributed by atoms with Crippen LogP contribution in [0.4, 0.5) is 0 Å². The van der Waals surface area contributed by atoms with Gasteiger partial charge in [-0.2, -0.15) is 0 Å². The molecule has 104 valence electrons. The van der Waals surface area contributed by atoms with Crippen LogP contribution in [0.1, 0.15) is 36.0 Å². The number of carbonyl (C=O) groups excluding carboxylic acids is 1. The molecule has 0 saturated heterocycles. The summed E-state index contributed by atoms with van der Waals surface area (Å²) in [5, 5.41) is 12.8. The highest BCUT2D eigenvalue weighted by Gasteiger charge is 2.25. The number of aliphatic hydroxyl groups is 1. The molecule has 0 bridgehead atoms. The molecule has 2 rings (SSSR count). The highest BCUT2D eigenvalue weighted by atomic mass is 79.9. The van der Waals surface area contributed by atoms with Gasteiger partial charge in [-0.15, -0.1) is 0 Å². The van der Waals surface area contributed by atoms with E-state index >= 15 is 0 Å². The molecule has 1 aliphatic carbocycles. The maximum absolute atomic E-state index is 12.2. The maximum Gasteiger partial charge on any atom is 0.255 e. The van der Waals surface area contributed by atoms with E-state index in [0.29, 0.717) is 11.3 Å². The van der Waals surface area contributed by atoms with E-state index in [1.807, 2.05) is 0 Å². The van der Waals surface area contributed by atoms with Gasteiger partial charge >= 0.3 is 0 Å². The van der Waals surface area contributed by atoms with Crippen LogP contribution in [-0.4, -0.2) is 30.3 Å². The van der Waals surface area contributed by atoms with E-state index in [1.54, 1.807) is 18.2 Å². The normalized spacial score (nSPS) is 22.9. The third kappa shape index (κ3) is 3.48. The quantitative estimate of drug-likeness (QED) is 0.896. The van der Waals surface area contributed by atoms with E-state index in [0.717, 1.165) is 30.2 Å². The Labute approximate surface area is 121 Å². The van der Waals surface area contributed by atoms with E-state index in [9.17, 15) is 9.90 Å². The number of hydrogen-bond donors (Lipinski definition) is 2. The van der Waals surface area contributed by atoms with Crippen LogP contribution >= 0.6 is 15.9 Å². The molecule has 1 aromatic carbocycles. The zero-order valence-corrected chi connectivity index (χ0v) is 12.4. The average molecular weight is 328 g/mol. The fourth-order valence-electron chi connectivity index (χ4n) is 2.38. The van der Waals surface area contributed by atoms with Crippen molar-refractivity contribution in [1.29, 1.82) is 0 Å². The molecule has 2 N–H and O–H groups in total. The zero-order chi connectivity index (χ0) is 13.8. The Hall–Kier alpha value is -1.07. The molecule has 1 aromatic rings. The van der Waals surface area contributed by atoms with Crippen molar-refractivity contribution in [3.05, 3.63) is 28.2 Å². The number of aliphatic hydroxyl groups excluding tert-OH is 1. The van der Waals surface area contributed by atoms with E-state index in [1.165, 1.54) is 7.11 Å². The molecule has 19 heavy (non-hydrogen) atoms. The minimum Gasteiger partial charge on any atom is -0.496 e. The Balaban J connectivity index is 2.11. The van der Waals surface area contributed by atoms with Gasteiger partial charge in [-0.25, -0.2) is 0 Å². The summed E-state index contributed by atoms with van der Waals surface area (Å²) in [6, 6.07) is 5.11. The van der Waals surface area contributed by atoms with Crippen molar-refractivity contribution in [1.82, 2.24) is 5.32 Å². The molecule has 1 amide bonds. The van der Waals surface area contributed by atoms with Crippen molar-refractivity contribution in [2.24, 2.45) is 0 Å². The van der Waals surface area contributed by atoms with Crippen molar-refractivity contribution in [2.75, 3.05) is 7.11 Å². The summed E-state index contributed by atoms with van der Waals surface area (Å²) in [4.78, 5) is 12.2. The van der Waals surface area contributed by atoms with E-state index in [2.05, 4.69) is 21.2 Å². The third-order valence-corrected chi connectivity index (χ3v) is 3.95. The molecule has 2 atom stereocenters. The topological polar surface area (TPSA) is 58.6 Å². The lowest BCUT2D eigenvalue weighted by Gasteiger charge is -2.28. The molecule has 0 aliphatic heterocycles. The van der Waals surface area contributed by atoms with E-state index in [-0.39, 0.29) is 11.9 Å². The first-order valence-electron chi connectivity index (χ1n) is 6.44. The number of amides is 1. The second kappa shape index (κ2) is 6.39. The molecule has 1 aliphatic rings. The fourth-order valence-corrected chi connectivity index (χ4v) is 2.72.